The standard InChI is InChI=1S/C28H29FNOP/c1-30-19-24-18-25(29)12-13-26(24)32-27-17-22(14-20-8-4-2-5-9-20)16-23(28(27)31)15-21-10-6-3-7-11-21/h2-8,10,12-13,16-21,31-32H,9,11,14-15H2,1H3/b30-19+. The maximum absolute atomic E-state index is 13.8. The summed E-state index contributed by atoms with van der Waals surface area (Å²) in [6, 6.07) is 9.11. The van der Waals surface area contributed by atoms with Crippen molar-refractivity contribution in [3.63, 3.8) is 0 Å². The van der Waals surface area contributed by atoms with Crippen molar-refractivity contribution >= 4 is 25.4 Å². The first-order valence-corrected chi connectivity index (χ1v) is 12.1. The second kappa shape index (κ2) is 10.7. The summed E-state index contributed by atoms with van der Waals surface area (Å²) >= 11 is 0. The molecular weight excluding hydrogens is 416 g/mol. The molecule has 0 spiro atoms. The van der Waals surface area contributed by atoms with Gasteiger partial charge >= 0.3 is 0 Å². The summed E-state index contributed by atoms with van der Waals surface area (Å²) in [6.07, 6.45) is 22.7. The van der Waals surface area contributed by atoms with Crippen LogP contribution in [-0.2, 0) is 12.8 Å². The van der Waals surface area contributed by atoms with Crippen molar-refractivity contribution in [1.82, 2.24) is 0 Å². The number of nitrogens with zero attached hydrogens (tertiary/aromatic N) is 1. The van der Waals surface area contributed by atoms with Crippen LogP contribution in [-0.4, -0.2) is 18.4 Å². The van der Waals surface area contributed by atoms with Crippen LogP contribution in [0.15, 0.2) is 83.9 Å². The van der Waals surface area contributed by atoms with E-state index in [0.717, 1.165) is 47.4 Å². The van der Waals surface area contributed by atoms with E-state index in [9.17, 15) is 9.50 Å². The van der Waals surface area contributed by atoms with Crippen LogP contribution in [0.4, 0.5) is 4.39 Å². The maximum atomic E-state index is 13.8. The predicted molar refractivity (Wildman–Crippen MR) is 136 cm³/mol. The van der Waals surface area contributed by atoms with E-state index in [1.165, 1.54) is 17.7 Å². The molecule has 4 rings (SSSR count). The average Bonchev–Trinajstić information content (AvgIpc) is 2.80. The second-order valence-corrected chi connectivity index (χ2v) is 9.75. The molecule has 0 heterocycles. The van der Waals surface area contributed by atoms with E-state index in [1.807, 2.05) is 0 Å². The third-order valence-corrected chi connectivity index (χ3v) is 7.29. The van der Waals surface area contributed by atoms with Gasteiger partial charge in [0.1, 0.15) is 11.6 Å². The SMILES string of the molecule is C/N=C/c1cc(F)ccc1Pc1cc(CC2C=CC=CC2)cc(CC2C=CC=CC2)c1O. The van der Waals surface area contributed by atoms with Gasteiger partial charge in [-0.3, -0.25) is 4.99 Å². The van der Waals surface area contributed by atoms with Crippen LogP contribution in [0.2, 0.25) is 0 Å². The minimum absolute atomic E-state index is 0.226. The molecule has 164 valence electrons. The zero-order valence-corrected chi connectivity index (χ0v) is 19.3. The fourth-order valence-electron chi connectivity index (χ4n) is 4.32. The second-order valence-electron chi connectivity index (χ2n) is 8.42. The molecule has 0 fully saturated rings. The molecule has 4 heteroatoms. The number of allylic oxidation sites excluding steroid dienone is 8. The van der Waals surface area contributed by atoms with Crippen LogP contribution in [0.25, 0.3) is 0 Å². The van der Waals surface area contributed by atoms with Crippen molar-refractivity contribution in [2.45, 2.75) is 25.7 Å². The number of rotatable bonds is 7. The van der Waals surface area contributed by atoms with Crippen molar-refractivity contribution in [2.75, 3.05) is 7.05 Å². The Balaban J connectivity index is 1.68. The quantitative estimate of drug-likeness (QED) is 0.439. The minimum Gasteiger partial charge on any atom is -0.507 e. The van der Waals surface area contributed by atoms with Gasteiger partial charge in [0.05, 0.1) is 0 Å². The van der Waals surface area contributed by atoms with Crippen LogP contribution in [0.1, 0.15) is 29.5 Å². The van der Waals surface area contributed by atoms with Gasteiger partial charge in [0, 0.05) is 24.1 Å². The fraction of sp³-hybridized carbons (Fsp3) is 0.250. The summed E-state index contributed by atoms with van der Waals surface area (Å²) in [6.45, 7) is 0. The van der Waals surface area contributed by atoms with Gasteiger partial charge in [-0.15, -0.1) is 0 Å². The predicted octanol–water partition coefficient (Wildman–Crippen LogP) is 5.56. The van der Waals surface area contributed by atoms with Crippen LogP contribution in [0.3, 0.4) is 0 Å². The highest BCUT2D eigenvalue weighted by Gasteiger charge is 2.17. The van der Waals surface area contributed by atoms with Crippen molar-refractivity contribution in [3.05, 3.63) is 101 Å². The number of hydrogen-bond acceptors (Lipinski definition) is 2. The van der Waals surface area contributed by atoms with Gasteiger partial charge in [-0.05, 0) is 72.1 Å². The zero-order chi connectivity index (χ0) is 22.3. The van der Waals surface area contributed by atoms with Crippen LogP contribution >= 0.6 is 8.58 Å². The van der Waals surface area contributed by atoms with E-state index < -0.39 is 0 Å². The number of phenolic OH excluding ortho intramolecular Hbond substituents is 1. The average molecular weight is 446 g/mol. The first-order valence-electron chi connectivity index (χ1n) is 11.1. The molecule has 0 aromatic heterocycles. The van der Waals surface area contributed by atoms with Gasteiger partial charge in [0.25, 0.3) is 0 Å². The smallest absolute Gasteiger partial charge is 0.126 e. The molecule has 2 aliphatic rings. The van der Waals surface area contributed by atoms with Crippen molar-refractivity contribution in [3.8, 4) is 5.75 Å². The lowest BCUT2D eigenvalue weighted by molar-refractivity contribution is 0.467. The monoisotopic (exact) mass is 445 g/mol. The molecule has 3 atom stereocenters. The Morgan fingerprint density at radius 1 is 0.969 bits per heavy atom. The van der Waals surface area contributed by atoms with Crippen molar-refractivity contribution < 1.29 is 9.50 Å². The summed E-state index contributed by atoms with van der Waals surface area (Å²) < 4.78 is 13.8. The van der Waals surface area contributed by atoms with Gasteiger partial charge in [0.15, 0.2) is 0 Å². The third-order valence-electron chi connectivity index (χ3n) is 5.92. The molecule has 1 N–H and O–H groups in total. The Kier molecular flexibility index (Phi) is 7.50. The van der Waals surface area contributed by atoms with Gasteiger partial charge in [-0.25, -0.2) is 4.39 Å². The molecule has 2 nitrogen and oxygen atoms in total. The lowest BCUT2D eigenvalue weighted by atomic mass is 9.89. The molecule has 0 bridgehead atoms. The Labute approximate surface area is 191 Å². The van der Waals surface area contributed by atoms with Crippen LogP contribution in [0.5, 0.6) is 5.75 Å². The first-order chi connectivity index (χ1) is 15.6. The first kappa shape index (κ1) is 22.4. The van der Waals surface area contributed by atoms with E-state index in [1.54, 1.807) is 19.3 Å². The van der Waals surface area contributed by atoms with Gasteiger partial charge in [-0.1, -0.05) is 69.3 Å². The molecule has 2 aromatic carbocycles. The summed E-state index contributed by atoms with van der Waals surface area (Å²) in [5.74, 6) is 0.961. The summed E-state index contributed by atoms with van der Waals surface area (Å²) in [5.41, 5.74) is 3.00. The van der Waals surface area contributed by atoms with E-state index in [4.69, 9.17) is 0 Å². The third kappa shape index (κ3) is 5.72. The van der Waals surface area contributed by atoms with Gasteiger partial charge < -0.3 is 5.11 Å². The molecule has 0 aliphatic heterocycles. The normalized spacial score (nSPS) is 20.2. The topological polar surface area (TPSA) is 32.6 Å². The summed E-state index contributed by atoms with van der Waals surface area (Å²) in [7, 11) is 1.91. The number of aromatic hydroxyl groups is 1. The van der Waals surface area contributed by atoms with Gasteiger partial charge in [0.2, 0.25) is 0 Å². The van der Waals surface area contributed by atoms with E-state index >= 15 is 0 Å². The molecule has 32 heavy (non-hydrogen) atoms. The number of hydrogen-bond donors (Lipinski definition) is 1. The molecule has 2 aromatic rings. The Morgan fingerprint density at radius 2 is 1.69 bits per heavy atom. The van der Waals surface area contributed by atoms with Crippen LogP contribution < -0.4 is 10.6 Å². The molecule has 0 amide bonds. The van der Waals surface area contributed by atoms with E-state index in [0.29, 0.717) is 17.6 Å². The summed E-state index contributed by atoms with van der Waals surface area (Å²) in [5, 5.41) is 13.1. The summed E-state index contributed by atoms with van der Waals surface area (Å²) in [4.78, 5) is 4.08. The molecule has 3 unspecified atom stereocenters. The fourth-order valence-corrected chi connectivity index (χ4v) is 5.59. The molecular formula is C28H29FNOP. The van der Waals surface area contributed by atoms with Crippen molar-refractivity contribution in [1.29, 1.82) is 0 Å². The maximum Gasteiger partial charge on any atom is 0.126 e. The zero-order valence-electron chi connectivity index (χ0n) is 18.3. The Hall–Kier alpha value is -2.77. The molecule has 0 saturated heterocycles. The van der Waals surface area contributed by atoms with Crippen LogP contribution in [0, 0.1) is 17.7 Å². The Bertz CT molecular complexity index is 1110. The molecule has 0 radical (unpaired) electrons. The number of phenols is 1. The largest absolute Gasteiger partial charge is 0.507 e. The lowest BCUT2D eigenvalue weighted by Crippen LogP contribution is -2.14. The minimum atomic E-state index is -0.276. The lowest BCUT2D eigenvalue weighted by Gasteiger charge is -2.20. The highest BCUT2D eigenvalue weighted by molar-refractivity contribution is 7.56. The highest BCUT2D eigenvalue weighted by atomic mass is 31.1. The van der Waals surface area contributed by atoms with E-state index in [2.05, 4.69) is 65.7 Å². The molecule has 2 aliphatic carbocycles. The molecule has 0 saturated carbocycles. The number of halogens is 1. The highest BCUT2D eigenvalue weighted by Crippen LogP contribution is 2.30. The number of aliphatic imine (C=N–C) groups is 1. The van der Waals surface area contributed by atoms with E-state index in [-0.39, 0.29) is 14.4 Å². The van der Waals surface area contributed by atoms with Gasteiger partial charge in [-0.2, -0.15) is 0 Å². The number of benzene rings is 2. The Morgan fingerprint density at radius 3 is 2.34 bits per heavy atom. The van der Waals surface area contributed by atoms with Crippen molar-refractivity contribution in [2.24, 2.45) is 16.8 Å².